The molecule has 4 nitrogen and oxygen atoms in total. The van der Waals surface area contributed by atoms with E-state index < -0.39 is 0 Å². The van der Waals surface area contributed by atoms with Gasteiger partial charge in [-0.25, -0.2) is 0 Å². The van der Waals surface area contributed by atoms with Crippen molar-refractivity contribution in [2.24, 2.45) is 0 Å². The number of hydrogen-bond donors (Lipinski definition) is 0. The Hall–Kier alpha value is -2.46. The van der Waals surface area contributed by atoms with E-state index in [1.807, 2.05) is 30.3 Å². The minimum absolute atomic E-state index is 0.374. The zero-order valence-electron chi connectivity index (χ0n) is 14.6. The van der Waals surface area contributed by atoms with Gasteiger partial charge in [0.2, 0.25) is 11.7 Å². The van der Waals surface area contributed by atoms with E-state index in [4.69, 9.17) is 4.52 Å². The fourth-order valence-electron chi connectivity index (χ4n) is 3.51. The van der Waals surface area contributed by atoms with E-state index in [0.29, 0.717) is 11.7 Å². The zero-order chi connectivity index (χ0) is 17.1. The highest BCUT2D eigenvalue weighted by atomic mass is 16.5. The summed E-state index contributed by atoms with van der Waals surface area (Å²) in [7, 11) is 0. The van der Waals surface area contributed by atoms with E-state index in [2.05, 4.69) is 46.2 Å². The highest BCUT2D eigenvalue weighted by Crippen LogP contribution is 2.29. The molecule has 0 bridgehead atoms. The van der Waals surface area contributed by atoms with Gasteiger partial charge < -0.3 is 4.52 Å². The predicted octanol–water partition coefficient (Wildman–Crippen LogP) is 4.42. The third-order valence-corrected chi connectivity index (χ3v) is 4.90. The van der Waals surface area contributed by atoms with Crippen molar-refractivity contribution in [1.29, 1.82) is 0 Å². The lowest BCUT2D eigenvalue weighted by Gasteiger charge is -2.30. The SMILES string of the molecule is Cc1cccc(CN2CCC(c3nc(-c4ccccc4)no3)CC2)c1. The molecule has 1 saturated heterocycles. The molecule has 0 radical (unpaired) electrons. The number of aromatic nitrogens is 2. The molecule has 25 heavy (non-hydrogen) atoms. The van der Waals surface area contributed by atoms with E-state index in [1.54, 1.807) is 0 Å². The summed E-state index contributed by atoms with van der Waals surface area (Å²) in [4.78, 5) is 7.14. The Bertz CT molecular complexity index is 820. The molecular formula is C21H23N3O. The minimum Gasteiger partial charge on any atom is -0.339 e. The van der Waals surface area contributed by atoms with Gasteiger partial charge in [0.05, 0.1) is 0 Å². The fraction of sp³-hybridized carbons (Fsp3) is 0.333. The van der Waals surface area contributed by atoms with Crippen LogP contribution in [0.15, 0.2) is 59.1 Å². The van der Waals surface area contributed by atoms with Crippen LogP contribution in [-0.2, 0) is 6.54 Å². The lowest BCUT2D eigenvalue weighted by Crippen LogP contribution is -2.32. The van der Waals surface area contributed by atoms with E-state index >= 15 is 0 Å². The molecule has 0 N–H and O–H groups in total. The summed E-state index contributed by atoms with van der Waals surface area (Å²) in [6, 6.07) is 18.8. The summed E-state index contributed by atoms with van der Waals surface area (Å²) in [5, 5.41) is 4.16. The Morgan fingerprint density at radius 1 is 1.04 bits per heavy atom. The maximum Gasteiger partial charge on any atom is 0.230 e. The lowest BCUT2D eigenvalue weighted by atomic mass is 9.96. The largest absolute Gasteiger partial charge is 0.339 e. The van der Waals surface area contributed by atoms with Crippen LogP contribution in [0.3, 0.4) is 0 Å². The molecule has 2 aromatic carbocycles. The van der Waals surface area contributed by atoms with Crippen LogP contribution in [0.25, 0.3) is 11.4 Å². The summed E-state index contributed by atoms with van der Waals surface area (Å²) in [5.74, 6) is 1.85. The van der Waals surface area contributed by atoms with Gasteiger partial charge in [-0.3, -0.25) is 4.90 Å². The molecule has 0 aliphatic carbocycles. The number of nitrogens with zero attached hydrogens (tertiary/aromatic N) is 3. The Kier molecular flexibility index (Phi) is 4.61. The number of aryl methyl sites for hydroxylation is 1. The summed E-state index contributed by atoms with van der Waals surface area (Å²) in [6.07, 6.45) is 2.14. The second-order valence-corrected chi connectivity index (χ2v) is 6.86. The standard InChI is InChI=1S/C21H23N3O/c1-16-6-5-7-17(14-16)15-24-12-10-19(11-13-24)21-22-20(23-25-21)18-8-3-2-4-9-18/h2-9,14,19H,10-13,15H2,1H3. The molecule has 0 atom stereocenters. The predicted molar refractivity (Wildman–Crippen MR) is 98.2 cm³/mol. The molecule has 0 unspecified atom stereocenters. The number of rotatable bonds is 4. The molecule has 0 saturated carbocycles. The van der Waals surface area contributed by atoms with Gasteiger partial charge in [0, 0.05) is 18.0 Å². The van der Waals surface area contributed by atoms with Crippen molar-refractivity contribution in [3.63, 3.8) is 0 Å². The maximum absolute atomic E-state index is 5.55. The van der Waals surface area contributed by atoms with Gasteiger partial charge in [0.25, 0.3) is 0 Å². The van der Waals surface area contributed by atoms with Gasteiger partial charge in [0.15, 0.2) is 0 Å². The maximum atomic E-state index is 5.55. The molecule has 4 rings (SSSR count). The van der Waals surface area contributed by atoms with Gasteiger partial charge in [-0.15, -0.1) is 0 Å². The minimum atomic E-state index is 0.374. The van der Waals surface area contributed by atoms with Crippen molar-refractivity contribution < 1.29 is 4.52 Å². The van der Waals surface area contributed by atoms with Crippen LogP contribution >= 0.6 is 0 Å². The summed E-state index contributed by atoms with van der Waals surface area (Å²) >= 11 is 0. The molecule has 1 fully saturated rings. The molecule has 4 heteroatoms. The summed E-state index contributed by atoms with van der Waals surface area (Å²) in [5.41, 5.74) is 3.73. The van der Waals surface area contributed by atoms with Crippen LogP contribution in [0.4, 0.5) is 0 Å². The smallest absolute Gasteiger partial charge is 0.230 e. The molecule has 1 aromatic heterocycles. The van der Waals surface area contributed by atoms with E-state index in [1.165, 1.54) is 11.1 Å². The Morgan fingerprint density at radius 2 is 1.84 bits per heavy atom. The van der Waals surface area contributed by atoms with Gasteiger partial charge >= 0.3 is 0 Å². The Labute approximate surface area is 148 Å². The van der Waals surface area contributed by atoms with Crippen molar-refractivity contribution in [3.05, 3.63) is 71.6 Å². The number of benzene rings is 2. The first kappa shape index (κ1) is 16.0. The average molecular weight is 333 g/mol. The second kappa shape index (κ2) is 7.19. The summed E-state index contributed by atoms with van der Waals surface area (Å²) < 4.78 is 5.55. The van der Waals surface area contributed by atoms with Crippen LogP contribution in [0, 0.1) is 6.92 Å². The van der Waals surface area contributed by atoms with Gasteiger partial charge in [-0.1, -0.05) is 65.3 Å². The van der Waals surface area contributed by atoms with Gasteiger partial charge in [0.1, 0.15) is 0 Å². The van der Waals surface area contributed by atoms with E-state index in [0.717, 1.165) is 43.9 Å². The molecule has 1 aliphatic rings. The van der Waals surface area contributed by atoms with E-state index in [-0.39, 0.29) is 0 Å². The van der Waals surface area contributed by atoms with E-state index in [9.17, 15) is 0 Å². The van der Waals surface area contributed by atoms with Crippen molar-refractivity contribution in [2.75, 3.05) is 13.1 Å². The molecule has 2 heterocycles. The first-order valence-electron chi connectivity index (χ1n) is 8.95. The van der Waals surface area contributed by atoms with Crippen molar-refractivity contribution in [1.82, 2.24) is 15.0 Å². The van der Waals surface area contributed by atoms with Crippen LogP contribution in [0.2, 0.25) is 0 Å². The van der Waals surface area contributed by atoms with Crippen LogP contribution in [0.5, 0.6) is 0 Å². The molecule has 1 aliphatic heterocycles. The first-order chi connectivity index (χ1) is 12.3. The summed E-state index contributed by atoms with van der Waals surface area (Å²) in [6.45, 7) is 5.31. The van der Waals surface area contributed by atoms with Crippen molar-refractivity contribution in [3.8, 4) is 11.4 Å². The highest BCUT2D eigenvalue weighted by Gasteiger charge is 2.25. The number of likely N-dealkylation sites (tertiary alicyclic amines) is 1. The average Bonchev–Trinajstić information content (AvgIpc) is 3.13. The molecule has 0 amide bonds. The first-order valence-corrected chi connectivity index (χ1v) is 8.95. The Balaban J connectivity index is 1.37. The third-order valence-electron chi connectivity index (χ3n) is 4.90. The van der Waals surface area contributed by atoms with Crippen LogP contribution < -0.4 is 0 Å². The van der Waals surface area contributed by atoms with Crippen molar-refractivity contribution in [2.45, 2.75) is 32.2 Å². The van der Waals surface area contributed by atoms with Gasteiger partial charge in [-0.2, -0.15) is 4.98 Å². The quantitative estimate of drug-likeness (QED) is 0.708. The zero-order valence-corrected chi connectivity index (χ0v) is 14.6. The topological polar surface area (TPSA) is 42.2 Å². The van der Waals surface area contributed by atoms with Crippen LogP contribution in [0.1, 0.15) is 35.8 Å². The molecule has 0 spiro atoms. The highest BCUT2D eigenvalue weighted by molar-refractivity contribution is 5.53. The number of hydrogen-bond acceptors (Lipinski definition) is 4. The van der Waals surface area contributed by atoms with Crippen molar-refractivity contribution >= 4 is 0 Å². The third kappa shape index (κ3) is 3.80. The molecule has 3 aromatic rings. The fourth-order valence-corrected chi connectivity index (χ4v) is 3.51. The molecular weight excluding hydrogens is 310 g/mol. The normalized spacial score (nSPS) is 16.2. The Morgan fingerprint density at radius 3 is 2.60 bits per heavy atom. The molecule has 128 valence electrons. The van der Waals surface area contributed by atoms with Crippen LogP contribution in [-0.4, -0.2) is 28.1 Å². The van der Waals surface area contributed by atoms with Gasteiger partial charge in [-0.05, 0) is 38.4 Å². The number of piperidine rings is 1. The second-order valence-electron chi connectivity index (χ2n) is 6.86. The monoisotopic (exact) mass is 333 g/mol. The lowest BCUT2D eigenvalue weighted by molar-refractivity contribution is 0.187.